The number of nitro groups is 1. The lowest BCUT2D eigenvalue weighted by atomic mass is 10.2. The molecule has 1 aromatic rings. The molecule has 1 amide bonds. The Hall–Kier alpha value is -2.02. The second kappa shape index (κ2) is 8.31. The summed E-state index contributed by atoms with van der Waals surface area (Å²) in [5.41, 5.74) is -0.606. The fraction of sp³-hybridized carbons (Fsp3) is 0.500. The van der Waals surface area contributed by atoms with Crippen molar-refractivity contribution in [2.75, 3.05) is 26.2 Å². The van der Waals surface area contributed by atoms with E-state index in [9.17, 15) is 19.3 Å². The van der Waals surface area contributed by atoms with Crippen LogP contribution >= 0.6 is 0 Å². The van der Waals surface area contributed by atoms with Crippen molar-refractivity contribution in [3.63, 3.8) is 0 Å². The quantitative estimate of drug-likeness (QED) is 0.589. The molecule has 116 valence electrons. The predicted octanol–water partition coefficient (Wildman–Crippen LogP) is 2.20. The zero-order chi connectivity index (χ0) is 15.8. The molecule has 1 N–H and O–H groups in total. The van der Waals surface area contributed by atoms with E-state index < -0.39 is 22.3 Å². The molecule has 1 aromatic carbocycles. The van der Waals surface area contributed by atoms with Gasteiger partial charge in [0.05, 0.1) is 4.92 Å². The van der Waals surface area contributed by atoms with Gasteiger partial charge in [0.1, 0.15) is 0 Å². The minimum Gasteiger partial charge on any atom is -0.351 e. The molecule has 0 unspecified atom stereocenters. The highest BCUT2D eigenvalue weighted by molar-refractivity contribution is 5.94. The van der Waals surface area contributed by atoms with Crippen LogP contribution in [0, 0.1) is 15.9 Å². The number of hydrogen-bond acceptors (Lipinski definition) is 4. The molecule has 7 heteroatoms. The van der Waals surface area contributed by atoms with Crippen molar-refractivity contribution in [1.82, 2.24) is 10.2 Å². The average Bonchev–Trinajstić information content (AvgIpc) is 2.46. The number of amides is 1. The van der Waals surface area contributed by atoms with E-state index in [4.69, 9.17) is 0 Å². The van der Waals surface area contributed by atoms with Crippen LogP contribution in [0.4, 0.5) is 10.1 Å². The smallest absolute Gasteiger partial charge is 0.305 e. The topological polar surface area (TPSA) is 75.5 Å². The largest absolute Gasteiger partial charge is 0.351 e. The van der Waals surface area contributed by atoms with Crippen LogP contribution in [0.1, 0.15) is 30.6 Å². The summed E-state index contributed by atoms with van der Waals surface area (Å²) in [7, 11) is 0. The van der Waals surface area contributed by atoms with Gasteiger partial charge in [0, 0.05) is 24.7 Å². The molecule has 0 saturated heterocycles. The number of carbonyl (C=O) groups is 1. The summed E-state index contributed by atoms with van der Waals surface area (Å²) in [5, 5.41) is 13.3. The van der Waals surface area contributed by atoms with E-state index >= 15 is 0 Å². The van der Waals surface area contributed by atoms with E-state index in [0.29, 0.717) is 13.1 Å². The van der Waals surface area contributed by atoms with Gasteiger partial charge in [0.15, 0.2) is 0 Å². The van der Waals surface area contributed by atoms with Crippen molar-refractivity contribution in [2.45, 2.75) is 20.3 Å². The van der Waals surface area contributed by atoms with E-state index in [1.807, 2.05) is 6.92 Å². The third kappa shape index (κ3) is 5.11. The maximum absolute atomic E-state index is 13.2. The van der Waals surface area contributed by atoms with Crippen LogP contribution < -0.4 is 5.32 Å². The van der Waals surface area contributed by atoms with Crippen LogP contribution in [0.25, 0.3) is 0 Å². The third-order valence-corrected chi connectivity index (χ3v) is 3.11. The standard InChI is InChI=1S/C14H20FN3O3/c1-3-8-17(4-2)9-7-16-14(19)11-5-6-12(15)13(10-11)18(20)21/h5-6,10H,3-4,7-9H2,1-2H3,(H,16,19). The minimum absolute atomic E-state index is 0.0849. The zero-order valence-corrected chi connectivity index (χ0v) is 12.3. The number of nitrogens with zero attached hydrogens (tertiary/aromatic N) is 2. The molecule has 0 saturated carbocycles. The maximum Gasteiger partial charge on any atom is 0.305 e. The molecule has 0 heterocycles. The summed E-state index contributed by atoms with van der Waals surface area (Å²) in [6, 6.07) is 3.12. The second-order valence-corrected chi connectivity index (χ2v) is 4.61. The van der Waals surface area contributed by atoms with Gasteiger partial charge < -0.3 is 10.2 Å². The van der Waals surface area contributed by atoms with E-state index in [1.54, 1.807) is 0 Å². The van der Waals surface area contributed by atoms with Crippen LogP contribution in [-0.2, 0) is 0 Å². The monoisotopic (exact) mass is 297 g/mol. The Labute approximate surface area is 123 Å². The van der Waals surface area contributed by atoms with Crippen molar-refractivity contribution < 1.29 is 14.1 Å². The fourth-order valence-electron chi connectivity index (χ4n) is 1.97. The SMILES string of the molecule is CCCN(CC)CCNC(=O)c1ccc(F)c([N+](=O)[O-])c1. The Morgan fingerprint density at radius 2 is 2.10 bits per heavy atom. The lowest BCUT2D eigenvalue weighted by Gasteiger charge is -2.19. The number of hydrogen-bond donors (Lipinski definition) is 1. The Morgan fingerprint density at radius 3 is 2.67 bits per heavy atom. The van der Waals surface area contributed by atoms with E-state index in [2.05, 4.69) is 17.1 Å². The highest BCUT2D eigenvalue weighted by Gasteiger charge is 2.17. The van der Waals surface area contributed by atoms with Crippen LogP contribution in [0.5, 0.6) is 0 Å². The summed E-state index contributed by atoms with van der Waals surface area (Å²) >= 11 is 0. The van der Waals surface area contributed by atoms with Gasteiger partial charge in [-0.3, -0.25) is 14.9 Å². The van der Waals surface area contributed by atoms with Crippen molar-refractivity contribution in [2.24, 2.45) is 0 Å². The van der Waals surface area contributed by atoms with E-state index in [-0.39, 0.29) is 5.56 Å². The lowest BCUT2D eigenvalue weighted by Crippen LogP contribution is -2.35. The molecule has 1 rings (SSSR count). The van der Waals surface area contributed by atoms with E-state index in [0.717, 1.165) is 31.6 Å². The molecule has 6 nitrogen and oxygen atoms in total. The third-order valence-electron chi connectivity index (χ3n) is 3.11. The number of carbonyl (C=O) groups excluding carboxylic acids is 1. The van der Waals surface area contributed by atoms with Crippen molar-refractivity contribution in [1.29, 1.82) is 0 Å². The van der Waals surface area contributed by atoms with Gasteiger partial charge in [-0.15, -0.1) is 0 Å². The van der Waals surface area contributed by atoms with Crippen molar-refractivity contribution in [3.05, 3.63) is 39.7 Å². The van der Waals surface area contributed by atoms with Crippen LogP contribution in [0.2, 0.25) is 0 Å². The molecule has 0 atom stereocenters. The van der Waals surface area contributed by atoms with Gasteiger partial charge in [0.2, 0.25) is 5.82 Å². The van der Waals surface area contributed by atoms with Crippen molar-refractivity contribution in [3.8, 4) is 0 Å². The maximum atomic E-state index is 13.2. The minimum atomic E-state index is -0.948. The Balaban J connectivity index is 2.60. The van der Waals surface area contributed by atoms with Crippen LogP contribution in [-0.4, -0.2) is 41.9 Å². The molecule has 0 radical (unpaired) electrons. The first kappa shape index (κ1) is 17.0. The number of likely N-dealkylation sites (N-methyl/N-ethyl adjacent to an activating group) is 1. The number of benzene rings is 1. The molecule has 0 spiro atoms. The average molecular weight is 297 g/mol. The highest BCUT2D eigenvalue weighted by atomic mass is 19.1. The number of rotatable bonds is 8. The lowest BCUT2D eigenvalue weighted by molar-refractivity contribution is -0.387. The van der Waals surface area contributed by atoms with Gasteiger partial charge in [-0.1, -0.05) is 13.8 Å². The molecule has 0 bridgehead atoms. The summed E-state index contributed by atoms with van der Waals surface area (Å²) in [5.74, 6) is -1.39. The molecule has 0 aliphatic carbocycles. The molecule has 0 aliphatic heterocycles. The second-order valence-electron chi connectivity index (χ2n) is 4.61. The van der Waals surface area contributed by atoms with Gasteiger partial charge in [-0.05, 0) is 31.6 Å². The Bertz CT molecular complexity index is 508. The van der Waals surface area contributed by atoms with Gasteiger partial charge in [-0.2, -0.15) is 4.39 Å². The number of halogens is 1. The van der Waals surface area contributed by atoms with Crippen LogP contribution in [0.15, 0.2) is 18.2 Å². The molecule has 0 aromatic heterocycles. The van der Waals surface area contributed by atoms with Gasteiger partial charge in [-0.25, -0.2) is 0 Å². The Morgan fingerprint density at radius 1 is 1.38 bits per heavy atom. The molecular weight excluding hydrogens is 277 g/mol. The van der Waals surface area contributed by atoms with Gasteiger partial charge in [0.25, 0.3) is 5.91 Å². The normalized spacial score (nSPS) is 10.7. The van der Waals surface area contributed by atoms with E-state index in [1.165, 1.54) is 6.07 Å². The molecule has 21 heavy (non-hydrogen) atoms. The Kier molecular flexibility index (Phi) is 6.74. The number of nitrogens with one attached hydrogen (secondary N) is 1. The van der Waals surface area contributed by atoms with Crippen molar-refractivity contribution >= 4 is 11.6 Å². The summed E-state index contributed by atoms with van der Waals surface area (Å²) in [6.07, 6.45) is 1.03. The summed E-state index contributed by atoms with van der Waals surface area (Å²) in [4.78, 5) is 23.9. The first-order valence-electron chi connectivity index (χ1n) is 6.94. The number of nitro benzene ring substituents is 1. The fourth-order valence-corrected chi connectivity index (χ4v) is 1.97. The molecular formula is C14H20FN3O3. The summed E-state index contributed by atoms with van der Waals surface area (Å²) < 4.78 is 13.2. The van der Waals surface area contributed by atoms with Gasteiger partial charge >= 0.3 is 5.69 Å². The van der Waals surface area contributed by atoms with Crippen LogP contribution in [0.3, 0.4) is 0 Å². The molecule has 0 fully saturated rings. The molecule has 0 aliphatic rings. The highest BCUT2D eigenvalue weighted by Crippen LogP contribution is 2.18. The predicted molar refractivity (Wildman–Crippen MR) is 77.8 cm³/mol. The first-order chi connectivity index (χ1) is 9.99. The zero-order valence-electron chi connectivity index (χ0n) is 12.3. The summed E-state index contributed by atoms with van der Waals surface area (Å²) in [6.45, 7) is 7.12. The first-order valence-corrected chi connectivity index (χ1v) is 6.94.